The summed E-state index contributed by atoms with van der Waals surface area (Å²) in [5, 5.41) is 9.56. The average Bonchev–Trinajstić information content (AvgIpc) is 3.14. The monoisotopic (exact) mass is 288 g/mol. The van der Waals surface area contributed by atoms with Gasteiger partial charge in [0.2, 0.25) is 0 Å². The number of aromatic nitrogens is 4. The lowest BCUT2D eigenvalue weighted by Gasteiger charge is -2.16. The molecular weight excluding hydrogens is 272 g/mol. The fourth-order valence-corrected chi connectivity index (χ4v) is 2.83. The number of nitrogens with one attached hydrogen (secondary N) is 2. The van der Waals surface area contributed by atoms with E-state index in [0.717, 1.165) is 28.7 Å². The second-order valence-electron chi connectivity index (χ2n) is 4.36. The van der Waals surface area contributed by atoms with Gasteiger partial charge in [0.25, 0.3) is 0 Å². The van der Waals surface area contributed by atoms with Crippen LogP contribution in [0.3, 0.4) is 0 Å². The summed E-state index contributed by atoms with van der Waals surface area (Å²) in [5.41, 5.74) is 0.819. The molecule has 1 unspecified atom stereocenters. The summed E-state index contributed by atoms with van der Waals surface area (Å²) >= 11 is 1.65. The highest BCUT2D eigenvalue weighted by Gasteiger charge is 2.15. The molecule has 3 heterocycles. The molecule has 3 aromatic heterocycles. The standard InChI is InChI=1S/C13H16N6S/c1-3-9(13-16-5-7-20-13)17-11-12-15-4-6-19(12)8-10(14-2)18-11/h4-9,14H,3H2,1-2H3,(H,17,18). The summed E-state index contributed by atoms with van der Waals surface area (Å²) in [6, 6.07) is 0.148. The topological polar surface area (TPSA) is 67.1 Å². The number of anilines is 2. The van der Waals surface area contributed by atoms with Crippen LogP contribution in [0.15, 0.2) is 30.2 Å². The quantitative estimate of drug-likeness (QED) is 0.755. The Morgan fingerprint density at radius 1 is 1.35 bits per heavy atom. The predicted octanol–water partition coefficient (Wildman–Crippen LogP) is 2.79. The van der Waals surface area contributed by atoms with Crippen molar-refractivity contribution in [2.24, 2.45) is 0 Å². The molecule has 3 aromatic rings. The van der Waals surface area contributed by atoms with Crippen molar-refractivity contribution < 1.29 is 0 Å². The van der Waals surface area contributed by atoms with E-state index in [2.05, 4.69) is 32.5 Å². The molecule has 0 saturated carbocycles. The van der Waals surface area contributed by atoms with Gasteiger partial charge in [-0.1, -0.05) is 6.92 Å². The Morgan fingerprint density at radius 3 is 2.95 bits per heavy atom. The summed E-state index contributed by atoms with van der Waals surface area (Å²) < 4.78 is 1.95. The largest absolute Gasteiger partial charge is 0.372 e. The summed E-state index contributed by atoms with van der Waals surface area (Å²) in [6.07, 6.45) is 8.36. The minimum atomic E-state index is 0.148. The zero-order valence-electron chi connectivity index (χ0n) is 11.4. The molecule has 1 atom stereocenters. The van der Waals surface area contributed by atoms with E-state index in [4.69, 9.17) is 0 Å². The molecule has 0 spiro atoms. The Kier molecular flexibility index (Phi) is 3.51. The Balaban J connectivity index is 1.98. The fraction of sp³-hybridized carbons (Fsp3) is 0.308. The molecule has 0 aliphatic heterocycles. The third-order valence-electron chi connectivity index (χ3n) is 3.10. The molecule has 6 nitrogen and oxygen atoms in total. The van der Waals surface area contributed by atoms with Crippen LogP contribution in [0.25, 0.3) is 5.65 Å². The van der Waals surface area contributed by atoms with Gasteiger partial charge in [0.05, 0.1) is 12.2 Å². The first kappa shape index (κ1) is 12.9. The van der Waals surface area contributed by atoms with E-state index in [9.17, 15) is 0 Å². The van der Waals surface area contributed by atoms with Crippen molar-refractivity contribution in [1.82, 2.24) is 19.4 Å². The van der Waals surface area contributed by atoms with Crippen LogP contribution in [-0.2, 0) is 0 Å². The minimum absolute atomic E-state index is 0.148. The van der Waals surface area contributed by atoms with Gasteiger partial charge in [-0.3, -0.25) is 0 Å². The summed E-state index contributed by atoms with van der Waals surface area (Å²) in [6.45, 7) is 2.13. The second kappa shape index (κ2) is 5.46. The molecule has 104 valence electrons. The van der Waals surface area contributed by atoms with Crippen molar-refractivity contribution >= 4 is 28.6 Å². The Bertz CT molecular complexity index is 690. The maximum Gasteiger partial charge on any atom is 0.180 e. The summed E-state index contributed by atoms with van der Waals surface area (Å²) in [5.74, 6) is 1.57. The normalized spacial score (nSPS) is 12.5. The van der Waals surface area contributed by atoms with E-state index in [1.807, 2.05) is 35.4 Å². The van der Waals surface area contributed by atoms with Crippen molar-refractivity contribution in [2.75, 3.05) is 17.7 Å². The van der Waals surface area contributed by atoms with Crippen LogP contribution < -0.4 is 10.6 Å². The van der Waals surface area contributed by atoms with Crippen molar-refractivity contribution in [3.63, 3.8) is 0 Å². The molecule has 0 amide bonds. The fourth-order valence-electron chi connectivity index (χ4n) is 2.06. The maximum absolute atomic E-state index is 4.56. The Labute approximate surface area is 120 Å². The van der Waals surface area contributed by atoms with Gasteiger partial charge in [-0.25, -0.2) is 15.0 Å². The highest BCUT2D eigenvalue weighted by atomic mass is 32.1. The average molecular weight is 288 g/mol. The minimum Gasteiger partial charge on any atom is -0.372 e. The van der Waals surface area contributed by atoms with Crippen LogP contribution in [0.5, 0.6) is 0 Å². The molecule has 7 heteroatoms. The van der Waals surface area contributed by atoms with Gasteiger partial charge in [0.1, 0.15) is 10.8 Å². The van der Waals surface area contributed by atoms with E-state index < -0.39 is 0 Å². The van der Waals surface area contributed by atoms with E-state index in [0.29, 0.717) is 0 Å². The number of nitrogens with zero attached hydrogens (tertiary/aromatic N) is 4. The smallest absolute Gasteiger partial charge is 0.180 e. The molecule has 0 fully saturated rings. The number of imidazole rings is 1. The Hall–Kier alpha value is -2.15. The third-order valence-corrected chi connectivity index (χ3v) is 3.99. The van der Waals surface area contributed by atoms with Gasteiger partial charge in [-0.05, 0) is 6.42 Å². The third kappa shape index (κ3) is 2.32. The molecule has 0 bridgehead atoms. The van der Waals surface area contributed by atoms with Gasteiger partial charge < -0.3 is 15.0 Å². The molecular formula is C13H16N6S. The van der Waals surface area contributed by atoms with Crippen LogP contribution in [0.2, 0.25) is 0 Å². The van der Waals surface area contributed by atoms with Crippen molar-refractivity contribution in [1.29, 1.82) is 0 Å². The van der Waals surface area contributed by atoms with Gasteiger partial charge in [-0.2, -0.15) is 0 Å². The predicted molar refractivity (Wildman–Crippen MR) is 81.3 cm³/mol. The van der Waals surface area contributed by atoms with Gasteiger partial charge >= 0.3 is 0 Å². The summed E-state index contributed by atoms with van der Waals surface area (Å²) in [7, 11) is 1.85. The van der Waals surface area contributed by atoms with E-state index >= 15 is 0 Å². The van der Waals surface area contributed by atoms with E-state index in [-0.39, 0.29) is 6.04 Å². The lowest BCUT2D eigenvalue weighted by Crippen LogP contribution is -2.12. The van der Waals surface area contributed by atoms with Crippen LogP contribution >= 0.6 is 11.3 Å². The second-order valence-corrected chi connectivity index (χ2v) is 5.28. The van der Waals surface area contributed by atoms with Crippen LogP contribution in [0.1, 0.15) is 24.4 Å². The molecule has 0 saturated heterocycles. The first-order valence-corrected chi connectivity index (χ1v) is 7.37. The van der Waals surface area contributed by atoms with Crippen molar-refractivity contribution in [2.45, 2.75) is 19.4 Å². The maximum atomic E-state index is 4.56. The molecule has 20 heavy (non-hydrogen) atoms. The number of hydrogen-bond acceptors (Lipinski definition) is 6. The van der Waals surface area contributed by atoms with Crippen LogP contribution in [-0.4, -0.2) is 26.4 Å². The first-order chi connectivity index (χ1) is 9.81. The zero-order valence-corrected chi connectivity index (χ0v) is 12.2. The number of rotatable bonds is 5. The number of thiazole rings is 1. The molecule has 0 radical (unpaired) electrons. The van der Waals surface area contributed by atoms with Gasteiger partial charge in [0, 0.05) is 31.0 Å². The molecule has 3 rings (SSSR count). The highest BCUT2D eigenvalue weighted by molar-refractivity contribution is 7.09. The molecule has 0 aliphatic rings. The molecule has 0 aliphatic carbocycles. The summed E-state index contributed by atoms with van der Waals surface area (Å²) in [4.78, 5) is 13.3. The zero-order chi connectivity index (χ0) is 13.9. The van der Waals surface area contributed by atoms with Gasteiger partial charge in [-0.15, -0.1) is 11.3 Å². The lowest BCUT2D eigenvalue weighted by atomic mass is 10.2. The van der Waals surface area contributed by atoms with E-state index in [1.54, 1.807) is 17.5 Å². The molecule has 0 aromatic carbocycles. The molecule has 2 N–H and O–H groups in total. The number of fused-ring (bicyclic) bond motifs is 1. The van der Waals surface area contributed by atoms with Crippen LogP contribution in [0, 0.1) is 0 Å². The lowest BCUT2D eigenvalue weighted by molar-refractivity contribution is 0.737. The van der Waals surface area contributed by atoms with Crippen molar-refractivity contribution in [3.8, 4) is 0 Å². The highest BCUT2D eigenvalue weighted by Crippen LogP contribution is 2.25. The Morgan fingerprint density at radius 2 is 2.25 bits per heavy atom. The number of hydrogen-bond donors (Lipinski definition) is 2. The van der Waals surface area contributed by atoms with E-state index in [1.165, 1.54) is 0 Å². The van der Waals surface area contributed by atoms with Gasteiger partial charge in [0.15, 0.2) is 11.5 Å². The van der Waals surface area contributed by atoms with Crippen molar-refractivity contribution in [3.05, 3.63) is 35.2 Å². The SMILES string of the molecule is CCC(Nc1nc(NC)cn2ccnc12)c1nccs1. The van der Waals surface area contributed by atoms with Crippen LogP contribution in [0.4, 0.5) is 11.6 Å². The first-order valence-electron chi connectivity index (χ1n) is 6.49.